The molecular formula is C30H34BrClN2O2S. The Morgan fingerprint density at radius 3 is 2.30 bits per heavy atom. The summed E-state index contributed by atoms with van der Waals surface area (Å²) in [6.45, 7) is 4.41. The third kappa shape index (κ3) is 9.84. The fourth-order valence-electron chi connectivity index (χ4n) is 3.87. The maximum atomic E-state index is 13.7. The van der Waals surface area contributed by atoms with Gasteiger partial charge in [-0.15, -0.1) is 11.8 Å². The summed E-state index contributed by atoms with van der Waals surface area (Å²) in [4.78, 5) is 30.1. The summed E-state index contributed by atoms with van der Waals surface area (Å²) in [7, 11) is 0. The van der Waals surface area contributed by atoms with E-state index in [0.717, 1.165) is 32.7 Å². The lowest BCUT2D eigenvalue weighted by Crippen LogP contribution is -2.52. The lowest BCUT2D eigenvalue weighted by atomic mass is 10.0. The van der Waals surface area contributed by atoms with Gasteiger partial charge in [-0.2, -0.15) is 0 Å². The summed E-state index contributed by atoms with van der Waals surface area (Å²) in [6, 6.07) is 25.0. The van der Waals surface area contributed by atoms with Crippen molar-refractivity contribution < 1.29 is 9.59 Å². The second-order valence-electron chi connectivity index (χ2n) is 9.08. The molecule has 0 fully saturated rings. The van der Waals surface area contributed by atoms with E-state index in [-0.39, 0.29) is 17.9 Å². The average molecular weight is 602 g/mol. The molecule has 196 valence electrons. The highest BCUT2D eigenvalue weighted by Gasteiger charge is 2.30. The van der Waals surface area contributed by atoms with Crippen LogP contribution in [0.25, 0.3) is 0 Å². The zero-order valence-corrected chi connectivity index (χ0v) is 24.5. The Kier molecular flexibility index (Phi) is 12.0. The van der Waals surface area contributed by atoms with E-state index >= 15 is 0 Å². The lowest BCUT2D eigenvalue weighted by Gasteiger charge is -2.32. The van der Waals surface area contributed by atoms with Gasteiger partial charge in [-0.3, -0.25) is 9.59 Å². The van der Waals surface area contributed by atoms with Crippen LogP contribution >= 0.6 is 39.3 Å². The minimum Gasteiger partial charge on any atom is -0.352 e. The number of hydrogen-bond acceptors (Lipinski definition) is 3. The van der Waals surface area contributed by atoms with E-state index in [0.29, 0.717) is 30.8 Å². The molecule has 0 saturated carbocycles. The van der Waals surface area contributed by atoms with Gasteiger partial charge in [-0.25, -0.2) is 0 Å². The van der Waals surface area contributed by atoms with Crippen LogP contribution in [0, 0.1) is 0 Å². The summed E-state index contributed by atoms with van der Waals surface area (Å²) < 4.78 is 0.976. The summed E-state index contributed by atoms with van der Waals surface area (Å²) in [5.41, 5.74) is 2.01. The predicted molar refractivity (Wildman–Crippen MR) is 158 cm³/mol. The first-order valence-corrected chi connectivity index (χ1v) is 14.8. The number of carbonyl (C=O) groups excluding carboxylic acids is 2. The molecule has 7 heteroatoms. The summed E-state index contributed by atoms with van der Waals surface area (Å²) in [5.74, 6) is 0.682. The molecule has 0 heterocycles. The smallest absolute Gasteiger partial charge is 0.243 e. The van der Waals surface area contributed by atoms with Crippen molar-refractivity contribution in [3.05, 3.63) is 99.5 Å². The van der Waals surface area contributed by atoms with Crippen LogP contribution in [0.3, 0.4) is 0 Å². The van der Waals surface area contributed by atoms with Crippen LogP contribution in [0.4, 0.5) is 0 Å². The van der Waals surface area contributed by atoms with Gasteiger partial charge in [0.1, 0.15) is 6.04 Å². The van der Waals surface area contributed by atoms with Gasteiger partial charge in [-0.1, -0.05) is 76.9 Å². The molecule has 4 nitrogen and oxygen atoms in total. The number of nitrogens with zero attached hydrogens (tertiary/aromatic N) is 1. The van der Waals surface area contributed by atoms with Crippen LogP contribution in [0.5, 0.6) is 0 Å². The van der Waals surface area contributed by atoms with Gasteiger partial charge in [-0.05, 0) is 73.0 Å². The Bertz CT molecular complexity index is 1130. The van der Waals surface area contributed by atoms with Crippen molar-refractivity contribution in [1.82, 2.24) is 10.2 Å². The molecule has 0 saturated heterocycles. The molecular weight excluding hydrogens is 568 g/mol. The van der Waals surface area contributed by atoms with Crippen LogP contribution in [-0.4, -0.2) is 34.6 Å². The Morgan fingerprint density at radius 1 is 0.973 bits per heavy atom. The van der Waals surface area contributed by atoms with Gasteiger partial charge in [0.15, 0.2) is 0 Å². The number of halogens is 2. The second-order valence-corrected chi connectivity index (χ2v) is 11.6. The number of thioether (sulfide) groups is 1. The highest BCUT2D eigenvalue weighted by Crippen LogP contribution is 2.23. The molecule has 0 aliphatic heterocycles. The maximum absolute atomic E-state index is 13.7. The Morgan fingerprint density at radius 2 is 1.65 bits per heavy atom. The van der Waals surface area contributed by atoms with Gasteiger partial charge in [0.25, 0.3) is 0 Å². The van der Waals surface area contributed by atoms with Crippen LogP contribution < -0.4 is 5.32 Å². The molecule has 2 atom stereocenters. The molecule has 0 bridgehead atoms. The topological polar surface area (TPSA) is 49.4 Å². The fourth-order valence-corrected chi connectivity index (χ4v) is 5.11. The maximum Gasteiger partial charge on any atom is 0.243 e. The van der Waals surface area contributed by atoms with E-state index in [1.54, 1.807) is 16.7 Å². The standard InChI is InChI=1S/C30H34BrClN2O2S/c1-3-22(2)33-30(36)28(20-23-8-5-4-6-9-23)34(21-24-11-13-25(31)14-12-24)29(35)10-7-19-37-27-17-15-26(32)16-18-27/h4-6,8-9,11-18,22,28H,3,7,10,19-21H2,1-2H3,(H,33,36)/t22-,28-/m0/s1. The molecule has 3 aromatic carbocycles. The zero-order valence-electron chi connectivity index (χ0n) is 21.3. The average Bonchev–Trinajstić information content (AvgIpc) is 2.91. The molecule has 0 aromatic heterocycles. The molecule has 2 amide bonds. The first-order chi connectivity index (χ1) is 17.9. The Hall–Kier alpha value is -2.28. The van der Waals surface area contributed by atoms with Crippen LogP contribution in [0.2, 0.25) is 5.02 Å². The summed E-state index contributed by atoms with van der Waals surface area (Å²) >= 11 is 11.2. The van der Waals surface area contributed by atoms with E-state index in [9.17, 15) is 9.59 Å². The largest absolute Gasteiger partial charge is 0.352 e. The van der Waals surface area contributed by atoms with E-state index in [1.165, 1.54) is 0 Å². The van der Waals surface area contributed by atoms with Gasteiger partial charge < -0.3 is 10.2 Å². The summed E-state index contributed by atoms with van der Waals surface area (Å²) in [6.07, 6.45) is 2.38. The normalized spacial score (nSPS) is 12.5. The first kappa shape index (κ1) is 29.3. The third-order valence-corrected chi connectivity index (χ3v) is 8.03. The van der Waals surface area contributed by atoms with Crippen molar-refractivity contribution in [2.45, 2.75) is 63.1 Å². The van der Waals surface area contributed by atoms with Gasteiger partial charge in [0.05, 0.1) is 0 Å². The van der Waals surface area contributed by atoms with Gasteiger partial charge in [0.2, 0.25) is 11.8 Å². The van der Waals surface area contributed by atoms with Crippen molar-refractivity contribution in [2.75, 3.05) is 5.75 Å². The highest BCUT2D eigenvalue weighted by molar-refractivity contribution is 9.10. The Balaban J connectivity index is 1.78. The van der Waals surface area contributed by atoms with Crippen molar-refractivity contribution in [3.63, 3.8) is 0 Å². The molecule has 0 radical (unpaired) electrons. The molecule has 0 spiro atoms. The van der Waals surface area contributed by atoms with Crippen molar-refractivity contribution in [3.8, 4) is 0 Å². The van der Waals surface area contributed by atoms with E-state index in [2.05, 4.69) is 21.2 Å². The predicted octanol–water partition coefficient (Wildman–Crippen LogP) is 7.53. The molecule has 3 aromatic rings. The van der Waals surface area contributed by atoms with E-state index in [4.69, 9.17) is 11.6 Å². The van der Waals surface area contributed by atoms with Crippen molar-refractivity contribution in [1.29, 1.82) is 0 Å². The van der Waals surface area contributed by atoms with E-state index < -0.39 is 6.04 Å². The van der Waals surface area contributed by atoms with Crippen LogP contribution in [0.15, 0.2) is 88.2 Å². The monoisotopic (exact) mass is 600 g/mol. The number of rotatable bonds is 13. The second kappa shape index (κ2) is 15.2. The van der Waals surface area contributed by atoms with Crippen LogP contribution in [0.1, 0.15) is 44.2 Å². The molecule has 0 aliphatic rings. The van der Waals surface area contributed by atoms with Crippen molar-refractivity contribution in [2.24, 2.45) is 0 Å². The minimum absolute atomic E-state index is 0.0140. The fraction of sp³-hybridized carbons (Fsp3) is 0.333. The van der Waals surface area contributed by atoms with E-state index in [1.807, 2.05) is 92.7 Å². The number of benzene rings is 3. The van der Waals surface area contributed by atoms with Crippen molar-refractivity contribution >= 4 is 51.1 Å². The van der Waals surface area contributed by atoms with Gasteiger partial charge in [0, 0.05) is 39.8 Å². The van der Waals surface area contributed by atoms with Crippen LogP contribution in [-0.2, 0) is 22.6 Å². The minimum atomic E-state index is -0.600. The zero-order chi connectivity index (χ0) is 26.6. The SMILES string of the molecule is CC[C@H](C)NC(=O)[C@H](Cc1ccccc1)N(Cc1ccc(Br)cc1)C(=O)CCCSc1ccc(Cl)cc1. The summed E-state index contributed by atoms with van der Waals surface area (Å²) in [5, 5.41) is 3.83. The number of amides is 2. The third-order valence-electron chi connectivity index (χ3n) is 6.16. The molecule has 1 N–H and O–H groups in total. The molecule has 3 rings (SSSR count). The number of hydrogen-bond donors (Lipinski definition) is 1. The van der Waals surface area contributed by atoms with Gasteiger partial charge >= 0.3 is 0 Å². The highest BCUT2D eigenvalue weighted by atomic mass is 79.9. The molecule has 0 unspecified atom stereocenters. The molecule has 0 aliphatic carbocycles. The quantitative estimate of drug-likeness (QED) is 0.163. The molecule has 37 heavy (non-hydrogen) atoms. The lowest BCUT2D eigenvalue weighted by molar-refractivity contribution is -0.141. The number of nitrogens with one attached hydrogen (secondary N) is 1. The first-order valence-electron chi connectivity index (χ1n) is 12.6. The Labute approximate surface area is 238 Å². The number of carbonyl (C=O) groups is 2.